The summed E-state index contributed by atoms with van der Waals surface area (Å²) in [5, 5.41) is 11.0. The summed E-state index contributed by atoms with van der Waals surface area (Å²) in [5.74, 6) is 0. The average molecular weight is 368 g/mol. The summed E-state index contributed by atoms with van der Waals surface area (Å²) in [7, 11) is 0. The SMILES string of the molecule is O=C(NC1CCCN(Cc2ccccc2)C1)N1CCC(n2cnnc2)CC1. The number of nitrogens with one attached hydrogen (secondary N) is 1. The van der Waals surface area contributed by atoms with Crippen LogP contribution >= 0.6 is 0 Å². The largest absolute Gasteiger partial charge is 0.334 e. The molecular weight excluding hydrogens is 340 g/mol. The van der Waals surface area contributed by atoms with E-state index in [0.29, 0.717) is 6.04 Å². The van der Waals surface area contributed by atoms with Crippen molar-refractivity contribution in [2.45, 2.75) is 44.3 Å². The van der Waals surface area contributed by atoms with Crippen LogP contribution in [0.5, 0.6) is 0 Å². The molecule has 144 valence electrons. The molecule has 2 amide bonds. The lowest BCUT2D eigenvalue weighted by Gasteiger charge is -2.36. The van der Waals surface area contributed by atoms with Gasteiger partial charge in [0.1, 0.15) is 12.7 Å². The first kappa shape index (κ1) is 18.0. The van der Waals surface area contributed by atoms with E-state index in [1.165, 1.54) is 5.56 Å². The molecule has 0 saturated carbocycles. The molecule has 1 aromatic carbocycles. The number of urea groups is 1. The second-order valence-corrected chi connectivity index (χ2v) is 7.64. The van der Waals surface area contributed by atoms with Gasteiger partial charge in [-0.3, -0.25) is 4.90 Å². The minimum absolute atomic E-state index is 0.0868. The smallest absolute Gasteiger partial charge is 0.317 e. The van der Waals surface area contributed by atoms with E-state index in [4.69, 9.17) is 0 Å². The standard InChI is InChI=1S/C20H28N6O/c27-20(25-11-8-19(9-12-25)26-15-21-22-16-26)23-18-7-4-10-24(14-18)13-17-5-2-1-3-6-17/h1-3,5-6,15-16,18-19H,4,7-14H2,(H,23,27). The molecule has 0 aliphatic carbocycles. The van der Waals surface area contributed by atoms with E-state index < -0.39 is 0 Å². The maximum atomic E-state index is 12.7. The van der Waals surface area contributed by atoms with Crippen molar-refractivity contribution in [2.75, 3.05) is 26.2 Å². The van der Waals surface area contributed by atoms with Crippen molar-refractivity contribution in [3.8, 4) is 0 Å². The van der Waals surface area contributed by atoms with Crippen molar-refractivity contribution in [2.24, 2.45) is 0 Å². The fourth-order valence-corrected chi connectivity index (χ4v) is 4.19. The van der Waals surface area contributed by atoms with Gasteiger partial charge in [-0.05, 0) is 37.8 Å². The van der Waals surface area contributed by atoms with Gasteiger partial charge < -0.3 is 14.8 Å². The Morgan fingerprint density at radius 3 is 2.52 bits per heavy atom. The molecular formula is C20H28N6O. The van der Waals surface area contributed by atoms with Crippen LogP contribution in [0.25, 0.3) is 0 Å². The summed E-state index contributed by atoms with van der Waals surface area (Å²) in [4.78, 5) is 17.1. The Hall–Kier alpha value is -2.41. The number of carbonyl (C=O) groups excluding carboxylic acids is 1. The van der Waals surface area contributed by atoms with E-state index in [2.05, 4.69) is 55.3 Å². The Balaban J connectivity index is 1.24. The van der Waals surface area contributed by atoms with Gasteiger partial charge in [-0.2, -0.15) is 0 Å². The maximum absolute atomic E-state index is 12.7. The Labute approximate surface area is 160 Å². The highest BCUT2D eigenvalue weighted by Gasteiger charge is 2.27. The van der Waals surface area contributed by atoms with Crippen molar-refractivity contribution in [1.29, 1.82) is 0 Å². The Morgan fingerprint density at radius 1 is 1.04 bits per heavy atom. The first-order valence-electron chi connectivity index (χ1n) is 9.94. The number of aromatic nitrogens is 3. The number of benzene rings is 1. The summed E-state index contributed by atoms with van der Waals surface area (Å²) in [6, 6.07) is 11.3. The molecule has 1 atom stereocenters. The van der Waals surface area contributed by atoms with Crippen LogP contribution in [0.2, 0.25) is 0 Å². The second-order valence-electron chi connectivity index (χ2n) is 7.64. The zero-order valence-corrected chi connectivity index (χ0v) is 15.7. The van der Waals surface area contributed by atoms with E-state index >= 15 is 0 Å². The Bertz CT molecular complexity index is 711. The Morgan fingerprint density at radius 2 is 1.78 bits per heavy atom. The van der Waals surface area contributed by atoms with Gasteiger partial charge in [0.2, 0.25) is 0 Å². The first-order chi connectivity index (χ1) is 13.3. The number of hydrogen-bond donors (Lipinski definition) is 1. The molecule has 7 heteroatoms. The molecule has 2 aromatic rings. The summed E-state index contributed by atoms with van der Waals surface area (Å²) < 4.78 is 2.05. The van der Waals surface area contributed by atoms with Crippen LogP contribution in [0, 0.1) is 0 Å². The fourth-order valence-electron chi connectivity index (χ4n) is 4.19. The average Bonchev–Trinajstić information content (AvgIpc) is 3.24. The molecule has 1 N–H and O–H groups in total. The predicted octanol–water partition coefficient (Wildman–Crippen LogP) is 2.29. The molecule has 2 aliphatic rings. The monoisotopic (exact) mass is 368 g/mol. The highest BCUT2D eigenvalue weighted by Crippen LogP contribution is 2.22. The maximum Gasteiger partial charge on any atom is 0.317 e. The van der Waals surface area contributed by atoms with Crippen molar-refractivity contribution in [1.82, 2.24) is 29.9 Å². The molecule has 1 unspecified atom stereocenters. The van der Waals surface area contributed by atoms with Gasteiger partial charge in [0.05, 0.1) is 0 Å². The molecule has 3 heterocycles. The van der Waals surface area contributed by atoms with Crippen LogP contribution in [0.3, 0.4) is 0 Å². The lowest BCUT2D eigenvalue weighted by atomic mass is 10.0. The molecule has 2 saturated heterocycles. The van der Waals surface area contributed by atoms with Crippen LogP contribution in [0.1, 0.15) is 37.3 Å². The molecule has 0 radical (unpaired) electrons. The molecule has 2 aliphatic heterocycles. The Kier molecular flexibility index (Phi) is 5.67. The zero-order chi connectivity index (χ0) is 18.5. The third-order valence-corrected chi connectivity index (χ3v) is 5.69. The van der Waals surface area contributed by atoms with E-state index in [9.17, 15) is 4.79 Å². The summed E-state index contributed by atoms with van der Waals surface area (Å²) in [6.45, 7) is 4.56. The quantitative estimate of drug-likeness (QED) is 0.899. The minimum atomic E-state index is 0.0868. The molecule has 4 rings (SSSR count). The van der Waals surface area contributed by atoms with Gasteiger partial charge in [0.25, 0.3) is 0 Å². The van der Waals surface area contributed by atoms with Gasteiger partial charge in [-0.1, -0.05) is 30.3 Å². The highest BCUT2D eigenvalue weighted by atomic mass is 16.2. The number of rotatable bonds is 4. The van der Waals surface area contributed by atoms with Crippen LogP contribution in [-0.4, -0.2) is 62.8 Å². The number of amides is 2. The molecule has 0 bridgehead atoms. The zero-order valence-electron chi connectivity index (χ0n) is 15.7. The van der Waals surface area contributed by atoms with Crippen LogP contribution in [0.4, 0.5) is 4.79 Å². The predicted molar refractivity (Wildman–Crippen MR) is 103 cm³/mol. The van der Waals surface area contributed by atoms with Crippen molar-refractivity contribution >= 4 is 6.03 Å². The van der Waals surface area contributed by atoms with Gasteiger partial charge in [-0.25, -0.2) is 4.79 Å². The summed E-state index contributed by atoms with van der Waals surface area (Å²) in [5.41, 5.74) is 1.33. The van der Waals surface area contributed by atoms with E-state index in [1.54, 1.807) is 12.7 Å². The first-order valence-corrected chi connectivity index (χ1v) is 9.94. The number of carbonyl (C=O) groups is 1. The van der Waals surface area contributed by atoms with Crippen LogP contribution in [-0.2, 0) is 6.54 Å². The number of nitrogens with zero attached hydrogens (tertiary/aromatic N) is 5. The third-order valence-electron chi connectivity index (χ3n) is 5.69. The van der Waals surface area contributed by atoms with Gasteiger partial charge in [-0.15, -0.1) is 10.2 Å². The molecule has 7 nitrogen and oxygen atoms in total. The lowest BCUT2D eigenvalue weighted by molar-refractivity contribution is 0.150. The second kappa shape index (κ2) is 8.52. The van der Waals surface area contributed by atoms with Crippen LogP contribution in [0.15, 0.2) is 43.0 Å². The molecule has 27 heavy (non-hydrogen) atoms. The van der Waals surface area contributed by atoms with E-state index in [0.717, 1.165) is 58.4 Å². The fraction of sp³-hybridized carbons (Fsp3) is 0.550. The van der Waals surface area contributed by atoms with E-state index in [-0.39, 0.29) is 12.1 Å². The summed E-state index contributed by atoms with van der Waals surface area (Å²) in [6.07, 6.45) is 7.64. The molecule has 2 fully saturated rings. The molecule has 1 aromatic heterocycles. The number of piperidine rings is 2. The number of likely N-dealkylation sites (tertiary alicyclic amines) is 2. The van der Waals surface area contributed by atoms with Gasteiger partial charge in [0, 0.05) is 38.3 Å². The van der Waals surface area contributed by atoms with Crippen LogP contribution < -0.4 is 5.32 Å². The van der Waals surface area contributed by atoms with Crippen molar-refractivity contribution in [3.05, 3.63) is 48.5 Å². The third kappa shape index (κ3) is 4.66. The topological polar surface area (TPSA) is 66.3 Å². The number of hydrogen-bond acceptors (Lipinski definition) is 4. The summed E-state index contributed by atoms with van der Waals surface area (Å²) >= 11 is 0. The van der Waals surface area contributed by atoms with Gasteiger partial charge in [0.15, 0.2) is 0 Å². The minimum Gasteiger partial charge on any atom is -0.334 e. The molecule has 0 spiro atoms. The lowest BCUT2D eigenvalue weighted by Crippen LogP contribution is -2.52. The normalized spacial score (nSPS) is 21.9. The van der Waals surface area contributed by atoms with Gasteiger partial charge >= 0.3 is 6.03 Å². The van der Waals surface area contributed by atoms with Crippen molar-refractivity contribution in [3.63, 3.8) is 0 Å². The highest BCUT2D eigenvalue weighted by molar-refractivity contribution is 5.74. The van der Waals surface area contributed by atoms with E-state index in [1.807, 2.05) is 4.90 Å². The van der Waals surface area contributed by atoms with Crippen molar-refractivity contribution < 1.29 is 4.79 Å².